The van der Waals surface area contributed by atoms with Gasteiger partial charge < -0.3 is 14.5 Å². The minimum Gasteiger partial charge on any atom is -0.461 e. The zero-order chi connectivity index (χ0) is 24.7. The van der Waals surface area contributed by atoms with E-state index in [1.807, 2.05) is 34.2 Å². The van der Waals surface area contributed by atoms with Crippen molar-refractivity contribution in [2.24, 2.45) is 0 Å². The van der Waals surface area contributed by atoms with Gasteiger partial charge in [0.1, 0.15) is 10.7 Å². The predicted molar refractivity (Wildman–Crippen MR) is 140 cm³/mol. The van der Waals surface area contributed by atoms with Gasteiger partial charge in [-0.3, -0.25) is 14.3 Å². The van der Waals surface area contributed by atoms with E-state index in [1.54, 1.807) is 6.26 Å². The first-order chi connectivity index (χ1) is 17.7. The standard InChI is InChI=1S/C25H28N6O3S2/c1-18-5-7-19(8-6-18)31-23(21-4-2-13-34-21)28-29-25(31)36-17-22-27-20(16-35-22)24(32)26-9-3-10-30-11-14-33-15-12-30/h2,4-8,13,16H,3,9-12,14-15,17H2,1H3,(H,26,32). The molecular formula is C25H28N6O3S2. The van der Waals surface area contributed by atoms with Gasteiger partial charge in [0.25, 0.3) is 5.91 Å². The summed E-state index contributed by atoms with van der Waals surface area (Å²) in [5.74, 6) is 1.74. The van der Waals surface area contributed by atoms with Crippen molar-refractivity contribution in [2.75, 3.05) is 39.4 Å². The second-order valence-electron chi connectivity index (χ2n) is 8.43. The number of ether oxygens (including phenoxy) is 1. The van der Waals surface area contributed by atoms with Gasteiger partial charge in [0.2, 0.25) is 5.82 Å². The number of nitrogens with zero attached hydrogens (tertiary/aromatic N) is 5. The fraction of sp³-hybridized carbons (Fsp3) is 0.360. The van der Waals surface area contributed by atoms with E-state index in [0.29, 0.717) is 29.6 Å². The molecule has 3 aromatic heterocycles. The van der Waals surface area contributed by atoms with Crippen molar-refractivity contribution >= 4 is 29.0 Å². The summed E-state index contributed by atoms with van der Waals surface area (Å²) in [6, 6.07) is 11.9. The largest absolute Gasteiger partial charge is 0.461 e. The van der Waals surface area contributed by atoms with E-state index in [2.05, 4.69) is 44.5 Å². The molecule has 36 heavy (non-hydrogen) atoms. The van der Waals surface area contributed by atoms with Gasteiger partial charge in [-0.15, -0.1) is 21.5 Å². The number of carbonyl (C=O) groups excluding carboxylic acids is 1. The van der Waals surface area contributed by atoms with Gasteiger partial charge in [-0.2, -0.15) is 0 Å². The van der Waals surface area contributed by atoms with E-state index in [-0.39, 0.29) is 5.91 Å². The van der Waals surface area contributed by atoms with Crippen molar-refractivity contribution in [3.8, 4) is 17.3 Å². The van der Waals surface area contributed by atoms with Crippen LogP contribution in [0.2, 0.25) is 0 Å². The molecule has 1 amide bonds. The summed E-state index contributed by atoms with van der Waals surface area (Å²) in [6.07, 6.45) is 2.53. The molecule has 1 fully saturated rings. The van der Waals surface area contributed by atoms with Crippen molar-refractivity contribution in [3.63, 3.8) is 0 Å². The van der Waals surface area contributed by atoms with Gasteiger partial charge >= 0.3 is 0 Å². The van der Waals surface area contributed by atoms with Crippen molar-refractivity contribution in [1.82, 2.24) is 30.0 Å². The van der Waals surface area contributed by atoms with E-state index in [1.165, 1.54) is 28.7 Å². The number of rotatable bonds is 10. The Hall–Kier alpha value is -2.99. The molecule has 5 rings (SSSR count). The Balaban J connectivity index is 1.20. The van der Waals surface area contributed by atoms with Crippen LogP contribution in [0.15, 0.2) is 57.6 Å². The number of benzene rings is 1. The molecule has 0 bridgehead atoms. The maximum Gasteiger partial charge on any atom is 0.270 e. The third kappa shape index (κ3) is 6.04. The van der Waals surface area contributed by atoms with Crippen LogP contribution in [0.3, 0.4) is 0 Å². The minimum atomic E-state index is -0.132. The number of furan rings is 1. The summed E-state index contributed by atoms with van der Waals surface area (Å²) in [5, 5.41) is 15.2. The Bertz CT molecular complexity index is 1260. The van der Waals surface area contributed by atoms with Crippen LogP contribution >= 0.6 is 23.1 Å². The molecule has 11 heteroatoms. The van der Waals surface area contributed by atoms with E-state index in [0.717, 1.165) is 55.1 Å². The summed E-state index contributed by atoms with van der Waals surface area (Å²) in [6.45, 7) is 7.15. The van der Waals surface area contributed by atoms with E-state index < -0.39 is 0 Å². The molecule has 1 aromatic carbocycles. The highest BCUT2D eigenvalue weighted by Gasteiger charge is 2.19. The lowest BCUT2D eigenvalue weighted by molar-refractivity contribution is 0.0374. The number of hydrogen-bond donors (Lipinski definition) is 1. The van der Waals surface area contributed by atoms with Crippen LogP contribution in [-0.4, -0.2) is 69.9 Å². The van der Waals surface area contributed by atoms with Crippen LogP contribution in [0.25, 0.3) is 17.3 Å². The molecule has 1 saturated heterocycles. The smallest absolute Gasteiger partial charge is 0.270 e. The molecule has 0 aliphatic carbocycles. The molecule has 9 nitrogen and oxygen atoms in total. The molecule has 0 spiro atoms. The van der Waals surface area contributed by atoms with E-state index >= 15 is 0 Å². The number of aromatic nitrogens is 4. The Morgan fingerprint density at radius 2 is 2.00 bits per heavy atom. The second-order valence-corrected chi connectivity index (χ2v) is 10.3. The summed E-state index contributed by atoms with van der Waals surface area (Å²) >= 11 is 3.00. The highest BCUT2D eigenvalue weighted by molar-refractivity contribution is 7.98. The van der Waals surface area contributed by atoms with Crippen LogP contribution in [0, 0.1) is 6.92 Å². The molecule has 1 aliphatic rings. The maximum atomic E-state index is 12.5. The zero-order valence-electron chi connectivity index (χ0n) is 20.1. The molecule has 1 aliphatic heterocycles. The molecular weight excluding hydrogens is 496 g/mol. The predicted octanol–water partition coefficient (Wildman–Crippen LogP) is 4.04. The van der Waals surface area contributed by atoms with Gasteiger partial charge in [0, 0.05) is 30.7 Å². The average Bonchev–Trinajstić information content (AvgIpc) is 3.67. The molecule has 0 unspecified atom stereocenters. The SMILES string of the molecule is Cc1ccc(-n2c(SCc3nc(C(=O)NCCCN4CCOCC4)cs3)nnc2-c2ccco2)cc1. The number of amides is 1. The summed E-state index contributed by atoms with van der Waals surface area (Å²) < 4.78 is 12.9. The first kappa shape index (κ1) is 24.7. The van der Waals surface area contributed by atoms with Gasteiger partial charge in [-0.1, -0.05) is 29.5 Å². The normalized spacial score (nSPS) is 14.2. The monoisotopic (exact) mass is 524 g/mol. The van der Waals surface area contributed by atoms with E-state index in [9.17, 15) is 4.79 Å². The van der Waals surface area contributed by atoms with Crippen LogP contribution in [-0.2, 0) is 10.5 Å². The highest BCUT2D eigenvalue weighted by Crippen LogP contribution is 2.30. The minimum absolute atomic E-state index is 0.132. The molecule has 0 atom stereocenters. The maximum absolute atomic E-state index is 12.5. The van der Waals surface area contributed by atoms with Crippen molar-refractivity contribution in [3.05, 3.63) is 64.3 Å². The summed E-state index contributed by atoms with van der Waals surface area (Å²) in [4.78, 5) is 19.4. The summed E-state index contributed by atoms with van der Waals surface area (Å²) in [7, 11) is 0. The first-order valence-corrected chi connectivity index (χ1v) is 13.8. The number of thioether (sulfide) groups is 1. The van der Waals surface area contributed by atoms with Gasteiger partial charge in [-0.25, -0.2) is 4.98 Å². The number of morpholine rings is 1. The van der Waals surface area contributed by atoms with Crippen molar-refractivity contribution in [2.45, 2.75) is 24.3 Å². The molecule has 4 aromatic rings. The zero-order valence-corrected chi connectivity index (χ0v) is 21.7. The number of carbonyl (C=O) groups is 1. The third-order valence-corrected chi connectivity index (χ3v) is 7.79. The molecule has 0 saturated carbocycles. The number of thiazole rings is 1. The lowest BCUT2D eigenvalue weighted by Gasteiger charge is -2.26. The van der Waals surface area contributed by atoms with Crippen molar-refractivity contribution in [1.29, 1.82) is 0 Å². The number of nitrogens with one attached hydrogen (secondary N) is 1. The lowest BCUT2D eigenvalue weighted by Crippen LogP contribution is -2.38. The van der Waals surface area contributed by atoms with E-state index in [4.69, 9.17) is 9.15 Å². The Kier molecular flexibility index (Phi) is 8.11. The highest BCUT2D eigenvalue weighted by atomic mass is 32.2. The second kappa shape index (κ2) is 11.8. The van der Waals surface area contributed by atoms with Crippen molar-refractivity contribution < 1.29 is 13.9 Å². The Morgan fingerprint density at radius 1 is 1.17 bits per heavy atom. The topological polar surface area (TPSA) is 98.3 Å². The number of hydrogen-bond acceptors (Lipinski definition) is 9. The first-order valence-electron chi connectivity index (χ1n) is 11.9. The third-order valence-electron chi connectivity index (χ3n) is 5.82. The fourth-order valence-corrected chi connectivity index (χ4v) is 5.63. The molecule has 1 N–H and O–H groups in total. The average molecular weight is 525 g/mol. The lowest BCUT2D eigenvalue weighted by atomic mass is 10.2. The van der Waals surface area contributed by atoms with Gasteiger partial charge in [0.05, 0.1) is 25.2 Å². The quantitative estimate of drug-likeness (QED) is 0.245. The Labute approximate surface area is 217 Å². The summed E-state index contributed by atoms with van der Waals surface area (Å²) in [5.41, 5.74) is 2.59. The number of aryl methyl sites for hydroxylation is 1. The fourth-order valence-electron chi connectivity index (χ4n) is 3.88. The van der Waals surface area contributed by atoms with Crippen LogP contribution in [0.5, 0.6) is 0 Å². The van der Waals surface area contributed by atoms with Crippen LogP contribution < -0.4 is 5.32 Å². The van der Waals surface area contributed by atoms with Gasteiger partial charge in [0.15, 0.2) is 10.9 Å². The molecule has 0 radical (unpaired) electrons. The molecule has 188 valence electrons. The molecule has 4 heterocycles. The van der Waals surface area contributed by atoms with Gasteiger partial charge in [-0.05, 0) is 44.2 Å². The van der Waals surface area contributed by atoms with Crippen LogP contribution in [0.4, 0.5) is 0 Å². The van der Waals surface area contributed by atoms with Crippen LogP contribution in [0.1, 0.15) is 27.5 Å². The Morgan fingerprint density at radius 3 is 2.78 bits per heavy atom.